The van der Waals surface area contributed by atoms with Crippen LogP contribution in [0.3, 0.4) is 0 Å². The molecule has 3 aromatic heterocycles. The molecule has 3 rings (SSSR count). The summed E-state index contributed by atoms with van der Waals surface area (Å²) in [6.07, 6.45) is 2.13. The Balaban J connectivity index is 1.81. The number of aromatic nitrogens is 3. The highest BCUT2D eigenvalue weighted by atomic mass is 16.6. The van der Waals surface area contributed by atoms with Gasteiger partial charge < -0.3 is 23.8 Å². The molecule has 0 bridgehead atoms. The first-order valence-electron chi connectivity index (χ1n) is 6.28. The van der Waals surface area contributed by atoms with Crippen molar-refractivity contribution >= 4 is 5.82 Å². The second kappa shape index (κ2) is 5.64. The maximum atomic E-state index is 10.9. The molecule has 0 N–H and O–H groups in total. The van der Waals surface area contributed by atoms with Crippen molar-refractivity contribution < 1.29 is 18.6 Å². The Morgan fingerprint density at radius 1 is 1.36 bits per heavy atom. The second-order valence-corrected chi connectivity index (χ2v) is 4.28. The van der Waals surface area contributed by atoms with Crippen LogP contribution in [-0.2, 0) is 0 Å². The van der Waals surface area contributed by atoms with E-state index in [1.807, 2.05) is 0 Å². The molecular weight excluding hydrogens is 292 g/mol. The Morgan fingerprint density at radius 2 is 2.23 bits per heavy atom. The van der Waals surface area contributed by atoms with E-state index in [1.54, 1.807) is 19.1 Å². The van der Waals surface area contributed by atoms with Gasteiger partial charge in [0.1, 0.15) is 6.20 Å². The normalized spacial score (nSPS) is 12.0. The topological polar surface area (TPSA) is 117 Å². The Labute approximate surface area is 123 Å². The summed E-state index contributed by atoms with van der Waals surface area (Å²) >= 11 is 0. The molecule has 9 heteroatoms. The largest absolute Gasteiger partial charge is 0.473 e. The van der Waals surface area contributed by atoms with E-state index < -0.39 is 11.0 Å². The molecule has 22 heavy (non-hydrogen) atoms. The summed E-state index contributed by atoms with van der Waals surface area (Å²) in [5.41, 5.74) is 0. The molecule has 0 saturated heterocycles. The van der Waals surface area contributed by atoms with E-state index in [4.69, 9.17) is 13.7 Å². The molecule has 112 valence electrons. The van der Waals surface area contributed by atoms with Gasteiger partial charge in [0.15, 0.2) is 11.9 Å². The molecule has 0 spiro atoms. The molecule has 0 unspecified atom stereocenters. The zero-order valence-electron chi connectivity index (χ0n) is 11.4. The van der Waals surface area contributed by atoms with Crippen molar-refractivity contribution in [2.24, 2.45) is 0 Å². The standard InChI is InChI=1S/C13H10N4O5/c1-8(21-10-4-2-6-14-12(10)17(18)19)13-15-11(16-22-13)9-5-3-7-20-9/h2-8H,1H3/t8-/m1/s1. The van der Waals surface area contributed by atoms with Crippen molar-refractivity contribution in [1.29, 1.82) is 0 Å². The molecule has 3 aromatic rings. The van der Waals surface area contributed by atoms with E-state index in [1.165, 1.54) is 24.6 Å². The number of hydrogen-bond acceptors (Lipinski definition) is 8. The van der Waals surface area contributed by atoms with Gasteiger partial charge >= 0.3 is 5.82 Å². The molecule has 0 saturated carbocycles. The van der Waals surface area contributed by atoms with E-state index >= 15 is 0 Å². The summed E-state index contributed by atoms with van der Waals surface area (Å²) < 4.78 is 15.7. The third-order valence-electron chi connectivity index (χ3n) is 2.76. The minimum absolute atomic E-state index is 0.0257. The molecule has 1 atom stereocenters. The van der Waals surface area contributed by atoms with Gasteiger partial charge in [0.05, 0.1) is 6.26 Å². The molecule has 0 amide bonds. The maximum absolute atomic E-state index is 10.9. The second-order valence-electron chi connectivity index (χ2n) is 4.28. The fraction of sp³-hybridized carbons (Fsp3) is 0.154. The van der Waals surface area contributed by atoms with Crippen LogP contribution in [0.2, 0.25) is 0 Å². The van der Waals surface area contributed by atoms with Gasteiger partial charge in [-0.25, -0.2) is 0 Å². The molecule has 0 fully saturated rings. The minimum Gasteiger partial charge on any atom is -0.473 e. The number of hydrogen-bond donors (Lipinski definition) is 0. The van der Waals surface area contributed by atoms with Crippen LogP contribution in [0.1, 0.15) is 18.9 Å². The lowest BCUT2D eigenvalue weighted by atomic mass is 10.3. The van der Waals surface area contributed by atoms with Crippen LogP contribution in [0, 0.1) is 10.1 Å². The highest BCUT2D eigenvalue weighted by Crippen LogP contribution is 2.28. The van der Waals surface area contributed by atoms with Crippen molar-refractivity contribution in [2.45, 2.75) is 13.0 Å². The lowest BCUT2D eigenvalue weighted by Gasteiger charge is -2.09. The number of furan rings is 1. The van der Waals surface area contributed by atoms with E-state index in [0.29, 0.717) is 5.76 Å². The van der Waals surface area contributed by atoms with Gasteiger partial charge in [0.25, 0.3) is 5.89 Å². The van der Waals surface area contributed by atoms with Crippen LogP contribution in [0.25, 0.3) is 11.6 Å². The Hall–Kier alpha value is -3.23. The van der Waals surface area contributed by atoms with E-state index in [9.17, 15) is 10.1 Å². The number of rotatable bonds is 5. The van der Waals surface area contributed by atoms with Crippen molar-refractivity contribution in [3.8, 4) is 17.3 Å². The SMILES string of the molecule is C[C@@H](Oc1cccnc1[N+](=O)[O-])c1nc(-c2ccco2)no1. The first-order valence-corrected chi connectivity index (χ1v) is 6.28. The van der Waals surface area contributed by atoms with E-state index in [0.717, 1.165) is 0 Å². The quantitative estimate of drug-likeness (QED) is 0.521. The molecule has 3 heterocycles. The fourth-order valence-electron chi connectivity index (χ4n) is 1.76. The van der Waals surface area contributed by atoms with E-state index in [2.05, 4.69) is 15.1 Å². The Morgan fingerprint density at radius 3 is 2.95 bits per heavy atom. The van der Waals surface area contributed by atoms with Gasteiger partial charge in [-0.15, -0.1) is 0 Å². The van der Waals surface area contributed by atoms with Crippen LogP contribution in [0.15, 0.2) is 45.7 Å². The third kappa shape index (κ3) is 2.64. The van der Waals surface area contributed by atoms with Gasteiger partial charge in [0, 0.05) is 0 Å². The lowest BCUT2D eigenvalue weighted by molar-refractivity contribution is -0.390. The number of nitro groups is 1. The summed E-state index contributed by atoms with van der Waals surface area (Å²) in [5, 5.41) is 14.7. The third-order valence-corrected chi connectivity index (χ3v) is 2.76. The van der Waals surface area contributed by atoms with Crippen molar-refractivity contribution in [3.05, 3.63) is 52.7 Å². The average Bonchev–Trinajstić information content (AvgIpc) is 3.18. The number of ether oxygens (including phenoxy) is 1. The summed E-state index contributed by atoms with van der Waals surface area (Å²) in [6, 6.07) is 6.37. The first kappa shape index (κ1) is 13.7. The monoisotopic (exact) mass is 302 g/mol. The van der Waals surface area contributed by atoms with Crippen molar-refractivity contribution in [2.75, 3.05) is 0 Å². The minimum atomic E-state index is -0.681. The van der Waals surface area contributed by atoms with Crippen LogP contribution < -0.4 is 4.74 Å². The van der Waals surface area contributed by atoms with Crippen LogP contribution >= 0.6 is 0 Å². The van der Waals surface area contributed by atoms with Crippen LogP contribution in [-0.4, -0.2) is 20.0 Å². The van der Waals surface area contributed by atoms with E-state index in [-0.39, 0.29) is 23.3 Å². The summed E-state index contributed by atoms with van der Waals surface area (Å²) in [6.45, 7) is 1.64. The zero-order valence-corrected chi connectivity index (χ0v) is 11.4. The van der Waals surface area contributed by atoms with Gasteiger partial charge in [0.2, 0.25) is 11.6 Å². The maximum Gasteiger partial charge on any atom is 0.406 e. The van der Waals surface area contributed by atoms with Crippen molar-refractivity contribution in [3.63, 3.8) is 0 Å². The van der Waals surface area contributed by atoms with Crippen LogP contribution in [0.5, 0.6) is 5.75 Å². The average molecular weight is 302 g/mol. The molecule has 0 aromatic carbocycles. The predicted octanol–water partition coefficient (Wildman–Crippen LogP) is 2.77. The molecule has 0 aliphatic heterocycles. The number of pyridine rings is 1. The highest BCUT2D eigenvalue weighted by Gasteiger charge is 2.22. The summed E-state index contributed by atoms with van der Waals surface area (Å²) in [4.78, 5) is 18.1. The van der Waals surface area contributed by atoms with Gasteiger partial charge in [-0.05, 0) is 41.1 Å². The smallest absolute Gasteiger partial charge is 0.406 e. The Bertz CT molecular complexity index is 783. The molecule has 0 radical (unpaired) electrons. The van der Waals surface area contributed by atoms with Gasteiger partial charge in [-0.3, -0.25) is 0 Å². The van der Waals surface area contributed by atoms with Gasteiger partial charge in [-0.2, -0.15) is 4.98 Å². The first-order chi connectivity index (χ1) is 10.6. The number of nitrogens with zero attached hydrogens (tertiary/aromatic N) is 4. The van der Waals surface area contributed by atoms with Gasteiger partial charge in [-0.1, -0.05) is 5.16 Å². The molecule has 9 nitrogen and oxygen atoms in total. The lowest BCUT2D eigenvalue weighted by Crippen LogP contribution is -2.06. The van der Waals surface area contributed by atoms with Crippen LogP contribution in [0.4, 0.5) is 5.82 Å². The Kier molecular flexibility index (Phi) is 3.52. The summed E-state index contributed by atoms with van der Waals surface area (Å²) in [7, 11) is 0. The fourth-order valence-corrected chi connectivity index (χ4v) is 1.76. The molecular formula is C13H10N4O5. The molecule has 0 aliphatic rings. The molecule has 0 aliphatic carbocycles. The zero-order chi connectivity index (χ0) is 15.5. The highest BCUT2D eigenvalue weighted by molar-refractivity contribution is 5.45. The van der Waals surface area contributed by atoms with Crippen molar-refractivity contribution in [1.82, 2.24) is 15.1 Å². The summed E-state index contributed by atoms with van der Waals surface area (Å²) in [5.74, 6) is 0.549. The predicted molar refractivity (Wildman–Crippen MR) is 71.9 cm³/mol.